The normalized spacial score (nSPS) is 11.7. The monoisotopic (exact) mass is 626 g/mol. The summed E-state index contributed by atoms with van der Waals surface area (Å²) in [5.74, 6) is 0. The molecule has 0 unspecified atom stereocenters. The Kier molecular flexibility index (Phi) is 6.18. The van der Waals surface area contributed by atoms with Crippen LogP contribution in [0.4, 0.5) is 17.1 Å². The predicted octanol–water partition coefficient (Wildman–Crippen LogP) is 13.0. The molecule has 49 heavy (non-hydrogen) atoms. The fourth-order valence-electron chi connectivity index (χ4n) is 7.57. The molecule has 2 heterocycles. The van der Waals surface area contributed by atoms with Gasteiger partial charge in [0.05, 0.1) is 11.0 Å². The van der Waals surface area contributed by atoms with E-state index < -0.39 is 0 Å². The molecule has 0 spiro atoms. The summed E-state index contributed by atoms with van der Waals surface area (Å²) >= 11 is 0. The van der Waals surface area contributed by atoms with Crippen molar-refractivity contribution in [1.29, 1.82) is 0 Å². The lowest BCUT2D eigenvalue weighted by molar-refractivity contribution is 0.670. The summed E-state index contributed by atoms with van der Waals surface area (Å²) in [5.41, 5.74) is 10.8. The Labute approximate surface area is 283 Å². The van der Waals surface area contributed by atoms with E-state index in [4.69, 9.17) is 4.42 Å². The second-order valence-electron chi connectivity index (χ2n) is 12.6. The van der Waals surface area contributed by atoms with Gasteiger partial charge in [0.2, 0.25) is 0 Å². The van der Waals surface area contributed by atoms with Crippen LogP contribution in [0, 0.1) is 0 Å². The summed E-state index contributed by atoms with van der Waals surface area (Å²) in [7, 11) is 0. The second-order valence-corrected chi connectivity index (χ2v) is 12.6. The van der Waals surface area contributed by atoms with E-state index in [1.54, 1.807) is 0 Å². The standard InChI is InChI=1S/C46H30N2O/c1-3-14-33(15-4-1)47(34-16-5-2-6-17-34)36-27-28-40-41-29-32-13-7-8-18-37(32)45(46(41)49-44(40)30-36)31-23-25-35(26-24-31)48-42-21-11-9-19-38(42)39-20-10-12-22-43(39)48/h1-30H. The van der Waals surface area contributed by atoms with Crippen molar-refractivity contribution in [2.45, 2.75) is 0 Å². The molecule has 0 saturated heterocycles. The first-order valence-corrected chi connectivity index (χ1v) is 16.7. The number of furan rings is 1. The van der Waals surface area contributed by atoms with Gasteiger partial charge in [-0.15, -0.1) is 0 Å². The molecule has 0 amide bonds. The van der Waals surface area contributed by atoms with Crippen molar-refractivity contribution < 1.29 is 4.42 Å². The van der Waals surface area contributed by atoms with Crippen molar-refractivity contribution in [3.8, 4) is 16.8 Å². The van der Waals surface area contributed by atoms with Crippen LogP contribution < -0.4 is 4.90 Å². The van der Waals surface area contributed by atoms with Crippen LogP contribution in [0.15, 0.2) is 186 Å². The molecule has 2 aromatic heterocycles. The maximum atomic E-state index is 6.89. The second kappa shape index (κ2) is 11.0. The van der Waals surface area contributed by atoms with Gasteiger partial charge in [-0.3, -0.25) is 0 Å². The van der Waals surface area contributed by atoms with Crippen LogP contribution in [0.5, 0.6) is 0 Å². The molecule has 3 nitrogen and oxygen atoms in total. The summed E-state index contributed by atoms with van der Waals surface area (Å²) in [6, 6.07) is 64.7. The maximum absolute atomic E-state index is 6.89. The van der Waals surface area contributed by atoms with Crippen molar-refractivity contribution >= 4 is 71.6 Å². The third kappa shape index (κ3) is 4.37. The van der Waals surface area contributed by atoms with Gasteiger partial charge >= 0.3 is 0 Å². The highest BCUT2D eigenvalue weighted by Gasteiger charge is 2.19. The average Bonchev–Trinajstić information content (AvgIpc) is 3.70. The lowest BCUT2D eigenvalue weighted by Gasteiger charge is -2.25. The molecule has 0 radical (unpaired) electrons. The van der Waals surface area contributed by atoms with E-state index in [-0.39, 0.29) is 0 Å². The van der Waals surface area contributed by atoms with Crippen LogP contribution in [0.25, 0.3) is 71.3 Å². The van der Waals surface area contributed by atoms with Crippen LogP contribution in [0.1, 0.15) is 0 Å². The number of para-hydroxylation sites is 4. The van der Waals surface area contributed by atoms with Gasteiger partial charge in [-0.1, -0.05) is 109 Å². The molecule has 3 heteroatoms. The molecule has 0 bridgehead atoms. The highest BCUT2D eigenvalue weighted by Crippen LogP contribution is 2.44. The molecule has 10 aromatic rings. The van der Waals surface area contributed by atoms with E-state index in [9.17, 15) is 0 Å². The van der Waals surface area contributed by atoms with Gasteiger partial charge in [-0.2, -0.15) is 0 Å². The Balaban J connectivity index is 1.16. The van der Waals surface area contributed by atoms with Gasteiger partial charge in [0, 0.05) is 55.9 Å². The first kappa shape index (κ1) is 27.5. The van der Waals surface area contributed by atoms with Gasteiger partial charge in [0.15, 0.2) is 0 Å². The highest BCUT2D eigenvalue weighted by molar-refractivity contribution is 6.18. The van der Waals surface area contributed by atoms with Crippen molar-refractivity contribution in [1.82, 2.24) is 4.57 Å². The number of nitrogens with zero attached hydrogens (tertiary/aromatic N) is 2. The Morgan fingerprint density at radius 2 is 0.980 bits per heavy atom. The van der Waals surface area contributed by atoms with Crippen LogP contribution in [0.2, 0.25) is 0 Å². The average molecular weight is 627 g/mol. The van der Waals surface area contributed by atoms with E-state index in [0.717, 1.165) is 55.8 Å². The first-order valence-electron chi connectivity index (χ1n) is 16.7. The topological polar surface area (TPSA) is 21.3 Å². The number of hydrogen-bond acceptors (Lipinski definition) is 2. The summed E-state index contributed by atoms with van der Waals surface area (Å²) < 4.78 is 9.26. The molecule has 0 atom stereocenters. The molecule has 230 valence electrons. The molecule has 0 saturated carbocycles. The summed E-state index contributed by atoms with van der Waals surface area (Å²) in [6.45, 7) is 0. The molecule has 0 N–H and O–H groups in total. The number of fused-ring (bicyclic) bond motifs is 7. The zero-order valence-corrected chi connectivity index (χ0v) is 26.6. The molecule has 0 aliphatic heterocycles. The molecule has 0 aliphatic carbocycles. The smallest absolute Gasteiger partial charge is 0.143 e. The number of hydrogen-bond donors (Lipinski definition) is 0. The van der Waals surface area contributed by atoms with Crippen molar-refractivity contribution in [2.24, 2.45) is 0 Å². The van der Waals surface area contributed by atoms with Gasteiger partial charge < -0.3 is 13.9 Å². The van der Waals surface area contributed by atoms with Crippen molar-refractivity contribution in [2.75, 3.05) is 4.90 Å². The van der Waals surface area contributed by atoms with Crippen LogP contribution in [0.3, 0.4) is 0 Å². The minimum Gasteiger partial charge on any atom is -0.455 e. The van der Waals surface area contributed by atoms with Gasteiger partial charge in [-0.25, -0.2) is 0 Å². The zero-order valence-electron chi connectivity index (χ0n) is 26.6. The van der Waals surface area contributed by atoms with Crippen LogP contribution in [-0.2, 0) is 0 Å². The largest absolute Gasteiger partial charge is 0.455 e. The summed E-state index contributed by atoms with van der Waals surface area (Å²) in [6.07, 6.45) is 0. The Hall–Kier alpha value is -6.58. The van der Waals surface area contributed by atoms with Crippen LogP contribution >= 0.6 is 0 Å². The highest BCUT2D eigenvalue weighted by atomic mass is 16.3. The summed E-state index contributed by atoms with van der Waals surface area (Å²) in [4.78, 5) is 2.28. The van der Waals surface area contributed by atoms with Crippen LogP contribution in [-0.4, -0.2) is 4.57 Å². The molecular formula is C46H30N2O. The van der Waals surface area contributed by atoms with Gasteiger partial charge in [0.1, 0.15) is 11.2 Å². The van der Waals surface area contributed by atoms with E-state index in [2.05, 4.69) is 191 Å². The van der Waals surface area contributed by atoms with E-state index in [1.807, 2.05) is 0 Å². The Morgan fingerprint density at radius 1 is 0.408 bits per heavy atom. The third-order valence-corrected chi connectivity index (χ3v) is 9.75. The number of benzene rings is 8. The third-order valence-electron chi connectivity index (χ3n) is 9.75. The lowest BCUT2D eigenvalue weighted by Crippen LogP contribution is -2.09. The van der Waals surface area contributed by atoms with Crippen molar-refractivity contribution in [3.63, 3.8) is 0 Å². The SMILES string of the molecule is c1ccc(N(c2ccccc2)c2ccc3c(c2)oc2c(-c4ccc(-n5c6ccccc6c6ccccc65)cc4)c4ccccc4cc23)cc1. The van der Waals surface area contributed by atoms with Gasteiger partial charge in [-0.05, 0) is 83.1 Å². The zero-order chi connectivity index (χ0) is 32.3. The predicted molar refractivity (Wildman–Crippen MR) is 206 cm³/mol. The van der Waals surface area contributed by atoms with Gasteiger partial charge in [0.25, 0.3) is 0 Å². The lowest BCUT2D eigenvalue weighted by atomic mass is 9.95. The maximum Gasteiger partial charge on any atom is 0.143 e. The molecule has 8 aromatic carbocycles. The Morgan fingerprint density at radius 3 is 1.63 bits per heavy atom. The minimum atomic E-state index is 0.864. The molecule has 0 fully saturated rings. The number of anilines is 3. The van der Waals surface area contributed by atoms with E-state index >= 15 is 0 Å². The fraction of sp³-hybridized carbons (Fsp3) is 0. The van der Waals surface area contributed by atoms with E-state index in [1.165, 1.54) is 32.6 Å². The molecule has 10 rings (SSSR count). The van der Waals surface area contributed by atoms with E-state index in [0.29, 0.717) is 0 Å². The fourth-order valence-corrected chi connectivity index (χ4v) is 7.57. The quantitative estimate of drug-likeness (QED) is 0.190. The number of aromatic nitrogens is 1. The molecule has 0 aliphatic rings. The summed E-state index contributed by atoms with van der Waals surface area (Å²) in [5, 5.41) is 7.12. The number of rotatable bonds is 5. The first-order chi connectivity index (χ1) is 24.3. The van der Waals surface area contributed by atoms with Crippen molar-refractivity contribution in [3.05, 3.63) is 182 Å². The minimum absolute atomic E-state index is 0.864. The molecular weight excluding hydrogens is 597 g/mol. The Bertz CT molecular complexity index is 2720.